The maximum absolute atomic E-state index is 12.5. The molecule has 0 saturated heterocycles. The number of amides is 2. The van der Waals surface area contributed by atoms with Gasteiger partial charge >= 0.3 is 12.0 Å². The number of nitrogens with one attached hydrogen (secondary N) is 2. The van der Waals surface area contributed by atoms with Crippen LogP contribution in [-0.2, 0) is 9.53 Å². The monoisotopic (exact) mass is 332 g/mol. The first kappa shape index (κ1) is 17.3. The molecule has 0 aromatic heterocycles. The highest BCUT2D eigenvalue weighted by Crippen LogP contribution is 2.31. The van der Waals surface area contributed by atoms with E-state index in [2.05, 4.69) is 30.3 Å². The van der Waals surface area contributed by atoms with Crippen molar-refractivity contribution in [2.75, 3.05) is 6.61 Å². The zero-order chi connectivity index (χ0) is 17.0. The number of urea groups is 1. The molecule has 0 spiro atoms. The Morgan fingerprint density at radius 2 is 1.87 bits per heavy atom. The Balaban J connectivity index is 2.51. The molecule has 1 atom stereocenters. The molecular formula is C17H24N2O3Si. The maximum atomic E-state index is 12.5. The van der Waals surface area contributed by atoms with Crippen LogP contribution < -0.4 is 10.6 Å². The van der Waals surface area contributed by atoms with Gasteiger partial charge in [0.1, 0.15) is 0 Å². The summed E-state index contributed by atoms with van der Waals surface area (Å²) in [5.74, 6) is -0.373. The lowest BCUT2D eigenvalue weighted by Crippen LogP contribution is -2.47. The molecule has 1 aliphatic rings. The Hall–Kier alpha value is -2.08. The Bertz CT molecular complexity index is 620. The Morgan fingerprint density at radius 1 is 1.22 bits per heavy atom. The molecule has 5 nitrogen and oxygen atoms in total. The summed E-state index contributed by atoms with van der Waals surface area (Å²) in [7, 11) is -1.52. The fourth-order valence-corrected chi connectivity index (χ4v) is 3.97. The summed E-state index contributed by atoms with van der Waals surface area (Å²) in [6.45, 7) is 8.69. The van der Waals surface area contributed by atoms with E-state index in [1.54, 1.807) is 6.92 Å². The summed E-state index contributed by atoms with van der Waals surface area (Å²) in [6.07, 6.45) is 0. The Kier molecular flexibility index (Phi) is 5.25. The van der Waals surface area contributed by atoms with Crippen molar-refractivity contribution >= 4 is 20.1 Å². The molecule has 0 aliphatic carbocycles. The smallest absolute Gasteiger partial charge is 0.338 e. The van der Waals surface area contributed by atoms with Crippen LogP contribution >= 0.6 is 0 Å². The SMILES string of the molecule is CCOC(=O)C1=C(C[Si](C)(C)C)NC(=O)NC1c1ccccc1. The van der Waals surface area contributed by atoms with Crippen LogP contribution in [0.2, 0.25) is 25.7 Å². The molecule has 2 rings (SSSR count). The quantitative estimate of drug-likeness (QED) is 0.643. The van der Waals surface area contributed by atoms with Gasteiger partial charge in [0.05, 0.1) is 26.3 Å². The van der Waals surface area contributed by atoms with Gasteiger partial charge in [-0.3, -0.25) is 0 Å². The molecule has 0 bridgehead atoms. The predicted molar refractivity (Wildman–Crippen MR) is 92.7 cm³/mol. The van der Waals surface area contributed by atoms with Gasteiger partial charge in [0.2, 0.25) is 0 Å². The van der Waals surface area contributed by atoms with Crippen LogP contribution in [0, 0.1) is 0 Å². The molecule has 0 fully saturated rings. The predicted octanol–water partition coefficient (Wildman–Crippen LogP) is 3.20. The van der Waals surface area contributed by atoms with Crippen molar-refractivity contribution in [3.63, 3.8) is 0 Å². The van der Waals surface area contributed by atoms with E-state index in [0.29, 0.717) is 17.9 Å². The first-order valence-electron chi connectivity index (χ1n) is 7.84. The van der Waals surface area contributed by atoms with Crippen LogP contribution in [0.1, 0.15) is 18.5 Å². The second kappa shape index (κ2) is 7.00. The van der Waals surface area contributed by atoms with Crippen molar-refractivity contribution in [3.8, 4) is 0 Å². The van der Waals surface area contributed by atoms with Gasteiger partial charge in [-0.25, -0.2) is 9.59 Å². The number of allylic oxidation sites excluding steroid dienone is 1. The number of hydrogen-bond donors (Lipinski definition) is 2. The molecule has 23 heavy (non-hydrogen) atoms. The van der Waals surface area contributed by atoms with E-state index in [-0.39, 0.29) is 12.0 Å². The van der Waals surface area contributed by atoms with Gasteiger partial charge in [0, 0.05) is 5.70 Å². The van der Waals surface area contributed by atoms with E-state index >= 15 is 0 Å². The van der Waals surface area contributed by atoms with E-state index in [1.165, 1.54) is 0 Å². The van der Waals surface area contributed by atoms with E-state index in [4.69, 9.17) is 4.74 Å². The molecule has 1 aromatic rings. The summed E-state index contributed by atoms with van der Waals surface area (Å²) >= 11 is 0. The third-order valence-corrected chi connectivity index (χ3v) is 4.90. The highest BCUT2D eigenvalue weighted by molar-refractivity contribution is 6.76. The number of esters is 1. The van der Waals surface area contributed by atoms with E-state index in [9.17, 15) is 9.59 Å². The van der Waals surface area contributed by atoms with Crippen LogP contribution in [0.3, 0.4) is 0 Å². The van der Waals surface area contributed by atoms with Crippen LogP contribution in [-0.4, -0.2) is 26.7 Å². The minimum atomic E-state index is -1.52. The average Bonchev–Trinajstić information content (AvgIpc) is 2.46. The Labute approximate surface area is 138 Å². The van der Waals surface area contributed by atoms with Gasteiger partial charge in [0.25, 0.3) is 0 Å². The second-order valence-corrected chi connectivity index (χ2v) is 12.3. The molecule has 124 valence electrons. The zero-order valence-electron chi connectivity index (χ0n) is 14.1. The minimum Gasteiger partial charge on any atom is -0.463 e. The highest BCUT2D eigenvalue weighted by Gasteiger charge is 2.35. The van der Waals surface area contributed by atoms with Crippen molar-refractivity contribution in [2.24, 2.45) is 0 Å². The van der Waals surface area contributed by atoms with E-state index < -0.39 is 14.1 Å². The van der Waals surface area contributed by atoms with Crippen molar-refractivity contribution in [2.45, 2.75) is 38.7 Å². The Morgan fingerprint density at radius 3 is 2.43 bits per heavy atom. The number of rotatable bonds is 5. The molecule has 2 amide bonds. The lowest BCUT2D eigenvalue weighted by Gasteiger charge is -2.31. The number of benzene rings is 1. The average molecular weight is 332 g/mol. The molecule has 0 radical (unpaired) electrons. The van der Waals surface area contributed by atoms with E-state index in [1.807, 2.05) is 30.3 Å². The minimum absolute atomic E-state index is 0.278. The second-order valence-electron chi connectivity index (χ2n) is 6.79. The fraction of sp³-hybridized carbons (Fsp3) is 0.412. The topological polar surface area (TPSA) is 67.4 Å². The number of ether oxygens (including phenoxy) is 1. The highest BCUT2D eigenvalue weighted by atomic mass is 28.3. The van der Waals surface area contributed by atoms with Crippen LogP contribution in [0.15, 0.2) is 41.6 Å². The largest absolute Gasteiger partial charge is 0.463 e. The lowest BCUT2D eigenvalue weighted by atomic mass is 9.95. The van der Waals surface area contributed by atoms with Gasteiger partial charge in [0.15, 0.2) is 0 Å². The van der Waals surface area contributed by atoms with Gasteiger partial charge in [-0.1, -0.05) is 50.0 Å². The number of carbonyl (C=O) groups excluding carboxylic acids is 2. The van der Waals surface area contributed by atoms with Gasteiger partial charge in [-0.15, -0.1) is 0 Å². The van der Waals surface area contributed by atoms with Gasteiger partial charge < -0.3 is 15.4 Å². The lowest BCUT2D eigenvalue weighted by molar-refractivity contribution is -0.139. The summed E-state index contributed by atoms with van der Waals surface area (Å²) in [5.41, 5.74) is 2.08. The molecular weight excluding hydrogens is 308 g/mol. The fourth-order valence-electron chi connectivity index (χ4n) is 2.63. The molecule has 1 aromatic carbocycles. The maximum Gasteiger partial charge on any atom is 0.338 e. The third kappa shape index (κ3) is 4.45. The van der Waals surface area contributed by atoms with Crippen molar-refractivity contribution in [1.82, 2.24) is 10.6 Å². The standard InChI is InChI=1S/C17H24N2O3Si/c1-5-22-16(20)14-13(11-23(2,3)4)18-17(21)19-15(14)12-9-7-6-8-10-12/h6-10,15H,5,11H2,1-4H3,(H2,18,19,21). The molecule has 1 heterocycles. The first-order valence-corrected chi connectivity index (χ1v) is 11.5. The molecule has 0 saturated carbocycles. The summed E-state index contributed by atoms with van der Waals surface area (Å²) in [5, 5.41) is 5.67. The molecule has 1 aliphatic heterocycles. The molecule has 6 heteroatoms. The summed E-state index contributed by atoms with van der Waals surface area (Å²) in [6, 6.07) is 9.47. The van der Waals surface area contributed by atoms with Gasteiger partial charge in [-0.05, 0) is 18.5 Å². The third-order valence-electron chi connectivity index (χ3n) is 3.49. The first-order chi connectivity index (χ1) is 10.8. The normalized spacial score (nSPS) is 18.3. The zero-order valence-corrected chi connectivity index (χ0v) is 15.1. The molecule has 1 unspecified atom stereocenters. The van der Waals surface area contributed by atoms with Crippen molar-refractivity contribution in [3.05, 3.63) is 47.2 Å². The van der Waals surface area contributed by atoms with Crippen molar-refractivity contribution in [1.29, 1.82) is 0 Å². The summed E-state index contributed by atoms with van der Waals surface area (Å²) < 4.78 is 5.24. The van der Waals surface area contributed by atoms with Crippen LogP contribution in [0.5, 0.6) is 0 Å². The van der Waals surface area contributed by atoms with Crippen molar-refractivity contribution < 1.29 is 14.3 Å². The number of hydrogen-bond acceptors (Lipinski definition) is 3. The van der Waals surface area contributed by atoms with Crippen LogP contribution in [0.4, 0.5) is 4.79 Å². The molecule has 2 N–H and O–H groups in total. The summed E-state index contributed by atoms with van der Waals surface area (Å²) in [4.78, 5) is 24.6. The van der Waals surface area contributed by atoms with E-state index in [0.717, 1.165) is 11.6 Å². The number of carbonyl (C=O) groups is 2. The van der Waals surface area contributed by atoms with Crippen LogP contribution in [0.25, 0.3) is 0 Å². The van der Waals surface area contributed by atoms with Gasteiger partial charge in [-0.2, -0.15) is 0 Å².